The van der Waals surface area contributed by atoms with Gasteiger partial charge in [-0.2, -0.15) is 5.26 Å². The van der Waals surface area contributed by atoms with Crippen LogP contribution in [0.4, 0.5) is 5.69 Å². The summed E-state index contributed by atoms with van der Waals surface area (Å²) in [5, 5.41) is 8.75. The first-order valence-corrected chi connectivity index (χ1v) is 3.91. The summed E-state index contributed by atoms with van der Waals surface area (Å²) in [4.78, 5) is 11.0. The van der Waals surface area contributed by atoms with Crippen LogP contribution >= 0.6 is 0 Å². The molecule has 13 heavy (non-hydrogen) atoms. The first kappa shape index (κ1) is 9.27. The molecular weight excluding hydrogens is 164 g/mol. The van der Waals surface area contributed by atoms with Crippen LogP contribution in [0.15, 0.2) is 24.3 Å². The van der Waals surface area contributed by atoms with Gasteiger partial charge in [-0.1, -0.05) is 18.2 Å². The first-order valence-electron chi connectivity index (χ1n) is 3.91. The van der Waals surface area contributed by atoms with Crippen LogP contribution in [0.25, 0.3) is 0 Å². The molecular formula is C10H10N2O. The molecule has 0 heterocycles. The molecule has 0 fully saturated rings. The van der Waals surface area contributed by atoms with E-state index in [1.165, 1.54) is 6.92 Å². The Bertz CT molecular complexity index is 365. The van der Waals surface area contributed by atoms with Gasteiger partial charge in [0.05, 0.1) is 6.07 Å². The van der Waals surface area contributed by atoms with Gasteiger partial charge in [-0.05, 0) is 18.6 Å². The summed E-state index contributed by atoms with van der Waals surface area (Å²) >= 11 is 0. The SMILES string of the molecule is CC(=O)[C@@H](C#N)c1ccccc1N. The molecule has 1 aromatic rings. The Labute approximate surface area is 76.8 Å². The number of anilines is 1. The maximum absolute atomic E-state index is 11.0. The fourth-order valence-corrected chi connectivity index (χ4v) is 1.15. The van der Waals surface area contributed by atoms with Crippen molar-refractivity contribution >= 4 is 11.5 Å². The topological polar surface area (TPSA) is 66.9 Å². The molecule has 0 aromatic heterocycles. The summed E-state index contributed by atoms with van der Waals surface area (Å²) < 4.78 is 0. The minimum Gasteiger partial charge on any atom is -0.398 e. The quantitative estimate of drug-likeness (QED) is 0.690. The monoisotopic (exact) mass is 174 g/mol. The molecule has 0 bridgehead atoms. The van der Waals surface area contributed by atoms with E-state index in [0.717, 1.165) is 0 Å². The third kappa shape index (κ3) is 1.85. The van der Waals surface area contributed by atoms with Gasteiger partial charge in [0.2, 0.25) is 0 Å². The van der Waals surface area contributed by atoms with E-state index in [0.29, 0.717) is 11.3 Å². The van der Waals surface area contributed by atoms with Crippen molar-refractivity contribution in [1.82, 2.24) is 0 Å². The maximum atomic E-state index is 11.0. The molecule has 0 saturated carbocycles. The number of Topliss-reactive ketones (excluding diaryl/α,β-unsaturated/α-hetero) is 1. The number of nitriles is 1. The summed E-state index contributed by atoms with van der Waals surface area (Å²) in [5.41, 5.74) is 6.72. The lowest BCUT2D eigenvalue weighted by Crippen LogP contribution is -2.08. The Morgan fingerprint density at radius 1 is 1.54 bits per heavy atom. The number of carbonyl (C=O) groups excluding carboxylic acids is 1. The second-order valence-corrected chi connectivity index (χ2v) is 2.80. The van der Waals surface area contributed by atoms with Gasteiger partial charge in [-0.3, -0.25) is 4.79 Å². The van der Waals surface area contributed by atoms with Gasteiger partial charge in [-0.15, -0.1) is 0 Å². The average molecular weight is 174 g/mol. The molecule has 0 aliphatic heterocycles. The van der Waals surface area contributed by atoms with Gasteiger partial charge in [0.15, 0.2) is 5.78 Å². The number of nitrogens with zero attached hydrogens (tertiary/aromatic N) is 1. The average Bonchev–Trinajstić information content (AvgIpc) is 2.09. The molecule has 0 radical (unpaired) electrons. The van der Waals surface area contributed by atoms with Crippen LogP contribution in [-0.2, 0) is 4.79 Å². The van der Waals surface area contributed by atoms with Crippen molar-refractivity contribution in [3.8, 4) is 6.07 Å². The smallest absolute Gasteiger partial charge is 0.151 e. The van der Waals surface area contributed by atoms with E-state index in [9.17, 15) is 4.79 Å². The number of benzene rings is 1. The van der Waals surface area contributed by atoms with Crippen molar-refractivity contribution < 1.29 is 4.79 Å². The fraction of sp³-hybridized carbons (Fsp3) is 0.200. The lowest BCUT2D eigenvalue weighted by molar-refractivity contribution is -0.117. The second kappa shape index (κ2) is 3.72. The molecule has 0 aliphatic carbocycles. The van der Waals surface area contributed by atoms with Crippen LogP contribution in [0.1, 0.15) is 18.4 Å². The lowest BCUT2D eigenvalue weighted by Gasteiger charge is -2.07. The zero-order valence-electron chi connectivity index (χ0n) is 7.32. The van der Waals surface area contributed by atoms with E-state index < -0.39 is 5.92 Å². The Morgan fingerprint density at radius 2 is 2.15 bits per heavy atom. The highest BCUT2D eigenvalue weighted by Gasteiger charge is 2.17. The van der Waals surface area contributed by atoms with Crippen molar-refractivity contribution in [3.05, 3.63) is 29.8 Å². The summed E-state index contributed by atoms with van der Waals surface area (Å²) in [6.45, 7) is 1.39. The summed E-state index contributed by atoms with van der Waals surface area (Å²) in [6.07, 6.45) is 0. The van der Waals surface area contributed by atoms with Crippen LogP contribution in [0, 0.1) is 11.3 Å². The number of carbonyl (C=O) groups is 1. The third-order valence-corrected chi connectivity index (χ3v) is 1.84. The summed E-state index contributed by atoms with van der Waals surface area (Å²) in [5.74, 6) is -0.915. The van der Waals surface area contributed by atoms with E-state index in [2.05, 4.69) is 0 Å². The van der Waals surface area contributed by atoms with E-state index in [1.54, 1.807) is 24.3 Å². The van der Waals surface area contributed by atoms with E-state index in [1.807, 2.05) is 6.07 Å². The molecule has 66 valence electrons. The zero-order chi connectivity index (χ0) is 9.84. The highest BCUT2D eigenvalue weighted by molar-refractivity contribution is 5.87. The van der Waals surface area contributed by atoms with Crippen molar-refractivity contribution in [2.75, 3.05) is 5.73 Å². The molecule has 2 N–H and O–H groups in total. The number of ketones is 1. The van der Waals surface area contributed by atoms with Crippen molar-refractivity contribution in [2.24, 2.45) is 0 Å². The maximum Gasteiger partial charge on any atom is 0.151 e. The summed E-state index contributed by atoms with van der Waals surface area (Å²) in [6, 6.07) is 8.85. The van der Waals surface area contributed by atoms with Crippen LogP contribution in [-0.4, -0.2) is 5.78 Å². The van der Waals surface area contributed by atoms with Gasteiger partial charge in [0, 0.05) is 5.69 Å². The number of nitrogen functional groups attached to an aromatic ring is 1. The number of para-hydroxylation sites is 1. The first-order chi connectivity index (χ1) is 6.16. The number of nitrogens with two attached hydrogens (primary N) is 1. The minimum absolute atomic E-state index is 0.180. The van der Waals surface area contributed by atoms with E-state index in [-0.39, 0.29) is 5.78 Å². The predicted molar refractivity (Wildman–Crippen MR) is 49.9 cm³/mol. The minimum atomic E-state index is -0.735. The molecule has 0 spiro atoms. The Hall–Kier alpha value is -1.82. The molecule has 1 rings (SSSR count). The zero-order valence-corrected chi connectivity index (χ0v) is 7.32. The van der Waals surface area contributed by atoms with E-state index >= 15 is 0 Å². The Morgan fingerprint density at radius 3 is 2.62 bits per heavy atom. The van der Waals surface area contributed by atoms with Crippen molar-refractivity contribution in [1.29, 1.82) is 5.26 Å². The summed E-state index contributed by atoms with van der Waals surface area (Å²) in [7, 11) is 0. The predicted octanol–water partition coefficient (Wildman–Crippen LogP) is 1.46. The van der Waals surface area contributed by atoms with Gasteiger partial charge in [0.25, 0.3) is 0 Å². The molecule has 0 amide bonds. The van der Waals surface area contributed by atoms with Crippen molar-refractivity contribution in [2.45, 2.75) is 12.8 Å². The third-order valence-electron chi connectivity index (χ3n) is 1.84. The van der Waals surface area contributed by atoms with Crippen LogP contribution < -0.4 is 5.73 Å². The van der Waals surface area contributed by atoms with Crippen LogP contribution in [0.3, 0.4) is 0 Å². The number of hydrogen-bond donors (Lipinski definition) is 1. The van der Waals surface area contributed by atoms with Crippen LogP contribution in [0.2, 0.25) is 0 Å². The van der Waals surface area contributed by atoms with Gasteiger partial charge < -0.3 is 5.73 Å². The highest BCUT2D eigenvalue weighted by atomic mass is 16.1. The Balaban J connectivity index is 3.14. The standard InChI is InChI=1S/C10H10N2O/c1-7(13)9(6-11)8-4-2-3-5-10(8)12/h2-5,9H,12H2,1H3/t9-/m1/s1. The van der Waals surface area contributed by atoms with Gasteiger partial charge >= 0.3 is 0 Å². The van der Waals surface area contributed by atoms with Gasteiger partial charge in [0.1, 0.15) is 5.92 Å². The molecule has 0 aliphatic rings. The van der Waals surface area contributed by atoms with Crippen molar-refractivity contribution in [3.63, 3.8) is 0 Å². The largest absolute Gasteiger partial charge is 0.398 e. The number of rotatable bonds is 2. The molecule has 1 atom stereocenters. The van der Waals surface area contributed by atoms with Crippen LogP contribution in [0.5, 0.6) is 0 Å². The second-order valence-electron chi connectivity index (χ2n) is 2.80. The Kier molecular flexibility index (Phi) is 2.65. The molecule has 3 heteroatoms. The van der Waals surface area contributed by atoms with E-state index in [4.69, 9.17) is 11.0 Å². The fourth-order valence-electron chi connectivity index (χ4n) is 1.15. The molecule has 3 nitrogen and oxygen atoms in total. The highest BCUT2D eigenvalue weighted by Crippen LogP contribution is 2.21. The molecule has 1 aromatic carbocycles. The normalized spacial score (nSPS) is 11.7. The number of hydrogen-bond acceptors (Lipinski definition) is 3. The lowest BCUT2D eigenvalue weighted by atomic mass is 9.96. The molecule has 0 unspecified atom stereocenters. The molecule has 0 saturated heterocycles. The van der Waals surface area contributed by atoms with Gasteiger partial charge in [-0.25, -0.2) is 0 Å².